The first-order chi connectivity index (χ1) is 5.85. The fourth-order valence-electron chi connectivity index (χ4n) is 1.36. The standard InChI is InChI=1S/C11H23N/c1-4-7-10-12-11(8-5-2)9-6-3/h10-12H,1,4-9H2,2-3H3. The van der Waals surface area contributed by atoms with E-state index < -0.39 is 0 Å². The normalized spacial score (nSPS) is 11.0. The Morgan fingerprint density at radius 3 is 2.25 bits per heavy atom. The molecule has 0 saturated carbocycles. The van der Waals surface area contributed by atoms with Crippen LogP contribution in [0.15, 0.2) is 0 Å². The number of unbranched alkanes of at least 4 members (excludes halogenated alkanes) is 1. The van der Waals surface area contributed by atoms with Crippen LogP contribution in [0.4, 0.5) is 0 Å². The van der Waals surface area contributed by atoms with E-state index in [1.807, 2.05) is 0 Å². The maximum atomic E-state index is 3.80. The van der Waals surface area contributed by atoms with Crippen LogP contribution in [0, 0.1) is 13.5 Å². The molecule has 1 nitrogen and oxygen atoms in total. The van der Waals surface area contributed by atoms with Gasteiger partial charge >= 0.3 is 0 Å². The molecule has 0 aromatic rings. The molecule has 0 amide bonds. The average Bonchev–Trinajstić information content (AvgIpc) is 2.06. The molecule has 12 heavy (non-hydrogen) atoms. The molecule has 72 valence electrons. The lowest BCUT2D eigenvalue weighted by Gasteiger charge is -2.16. The Morgan fingerprint density at radius 2 is 1.83 bits per heavy atom. The lowest BCUT2D eigenvalue weighted by Crippen LogP contribution is -2.26. The molecule has 1 heteroatoms. The summed E-state index contributed by atoms with van der Waals surface area (Å²) in [6, 6.07) is 0.701. The summed E-state index contributed by atoms with van der Waals surface area (Å²) < 4.78 is 0. The van der Waals surface area contributed by atoms with Gasteiger partial charge in [-0.2, -0.15) is 0 Å². The van der Waals surface area contributed by atoms with E-state index in [-0.39, 0.29) is 0 Å². The lowest BCUT2D eigenvalue weighted by atomic mass is 10.1. The van der Waals surface area contributed by atoms with Crippen molar-refractivity contribution >= 4 is 0 Å². The van der Waals surface area contributed by atoms with Crippen molar-refractivity contribution in [3.63, 3.8) is 0 Å². The monoisotopic (exact) mass is 169 g/mol. The van der Waals surface area contributed by atoms with Gasteiger partial charge in [0, 0.05) is 12.6 Å². The molecule has 0 heterocycles. The zero-order valence-electron chi connectivity index (χ0n) is 8.60. The van der Waals surface area contributed by atoms with Gasteiger partial charge in [0.25, 0.3) is 0 Å². The van der Waals surface area contributed by atoms with Crippen molar-refractivity contribution in [2.45, 2.75) is 58.4 Å². The molecule has 0 unspecified atom stereocenters. The predicted molar refractivity (Wildman–Crippen MR) is 55.6 cm³/mol. The van der Waals surface area contributed by atoms with E-state index in [0.29, 0.717) is 6.04 Å². The second-order valence-corrected chi connectivity index (χ2v) is 3.29. The molecule has 0 fully saturated rings. The third-order valence-electron chi connectivity index (χ3n) is 1.98. The van der Waals surface area contributed by atoms with E-state index in [2.05, 4.69) is 32.6 Å². The van der Waals surface area contributed by atoms with Crippen LogP contribution >= 0.6 is 0 Å². The SMILES string of the molecule is [CH2]CC[CH]NC(CCC)CCC. The van der Waals surface area contributed by atoms with Gasteiger partial charge in [-0.1, -0.05) is 40.0 Å². The Labute approximate surface area is 77.9 Å². The number of rotatable bonds is 8. The highest BCUT2D eigenvalue weighted by Gasteiger charge is 2.03. The van der Waals surface area contributed by atoms with Gasteiger partial charge in [0.1, 0.15) is 0 Å². The minimum atomic E-state index is 0.701. The van der Waals surface area contributed by atoms with Crippen LogP contribution < -0.4 is 5.32 Å². The molecule has 0 aromatic heterocycles. The molecular formula is C11H23N. The number of hydrogen-bond acceptors (Lipinski definition) is 1. The Hall–Kier alpha value is -0.0400. The van der Waals surface area contributed by atoms with E-state index in [4.69, 9.17) is 0 Å². The Kier molecular flexibility index (Phi) is 9.02. The van der Waals surface area contributed by atoms with Crippen molar-refractivity contribution in [2.75, 3.05) is 0 Å². The molecule has 0 atom stereocenters. The Balaban J connectivity index is 3.34. The van der Waals surface area contributed by atoms with Gasteiger partial charge in [0.15, 0.2) is 0 Å². The Bertz CT molecular complexity index is 75.1. The summed E-state index contributed by atoms with van der Waals surface area (Å²) >= 11 is 0. The average molecular weight is 169 g/mol. The molecule has 0 aliphatic carbocycles. The van der Waals surface area contributed by atoms with Crippen LogP contribution in [0.3, 0.4) is 0 Å². The summed E-state index contributed by atoms with van der Waals surface area (Å²) in [6.07, 6.45) is 7.22. The first-order valence-electron chi connectivity index (χ1n) is 5.22. The zero-order valence-corrected chi connectivity index (χ0v) is 8.60. The molecule has 1 N–H and O–H groups in total. The van der Waals surface area contributed by atoms with E-state index in [1.165, 1.54) is 25.7 Å². The highest BCUT2D eigenvalue weighted by Crippen LogP contribution is 2.05. The third kappa shape index (κ3) is 6.66. The van der Waals surface area contributed by atoms with Gasteiger partial charge in [-0.3, -0.25) is 0 Å². The van der Waals surface area contributed by atoms with Crippen LogP contribution in [0.5, 0.6) is 0 Å². The minimum Gasteiger partial charge on any atom is -0.310 e. The third-order valence-corrected chi connectivity index (χ3v) is 1.98. The zero-order chi connectivity index (χ0) is 9.23. The summed E-state index contributed by atoms with van der Waals surface area (Å²) in [4.78, 5) is 0. The minimum absolute atomic E-state index is 0.701. The van der Waals surface area contributed by atoms with Gasteiger partial charge in [0.2, 0.25) is 0 Å². The second-order valence-electron chi connectivity index (χ2n) is 3.29. The van der Waals surface area contributed by atoms with E-state index in [1.54, 1.807) is 0 Å². The Morgan fingerprint density at radius 1 is 1.25 bits per heavy atom. The maximum Gasteiger partial charge on any atom is 0.0223 e. The van der Waals surface area contributed by atoms with Crippen molar-refractivity contribution < 1.29 is 0 Å². The van der Waals surface area contributed by atoms with Crippen molar-refractivity contribution in [1.82, 2.24) is 5.32 Å². The first-order valence-corrected chi connectivity index (χ1v) is 5.22. The van der Waals surface area contributed by atoms with Crippen LogP contribution in [-0.4, -0.2) is 6.04 Å². The molecule has 0 spiro atoms. The van der Waals surface area contributed by atoms with Crippen molar-refractivity contribution in [1.29, 1.82) is 0 Å². The number of nitrogens with one attached hydrogen (secondary N) is 1. The highest BCUT2D eigenvalue weighted by atomic mass is 14.9. The molecule has 0 saturated heterocycles. The molecule has 0 aliphatic rings. The van der Waals surface area contributed by atoms with Gasteiger partial charge in [0.05, 0.1) is 0 Å². The predicted octanol–water partition coefficient (Wildman–Crippen LogP) is 3.32. The van der Waals surface area contributed by atoms with Crippen LogP contribution in [0.2, 0.25) is 0 Å². The van der Waals surface area contributed by atoms with Crippen molar-refractivity contribution in [2.24, 2.45) is 0 Å². The quantitative estimate of drug-likeness (QED) is 0.550. The fourth-order valence-corrected chi connectivity index (χ4v) is 1.36. The van der Waals surface area contributed by atoms with Gasteiger partial charge in [-0.15, -0.1) is 0 Å². The first kappa shape index (κ1) is 12.0. The molecule has 0 aromatic carbocycles. The second kappa shape index (κ2) is 9.05. The van der Waals surface area contributed by atoms with Gasteiger partial charge in [-0.25, -0.2) is 0 Å². The largest absolute Gasteiger partial charge is 0.310 e. The molecule has 0 bridgehead atoms. The van der Waals surface area contributed by atoms with E-state index in [0.717, 1.165) is 12.8 Å². The smallest absolute Gasteiger partial charge is 0.0223 e. The highest BCUT2D eigenvalue weighted by molar-refractivity contribution is 4.72. The van der Waals surface area contributed by atoms with Gasteiger partial charge < -0.3 is 5.32 Å². The van der Waals surface area contributed by atoms with Crippen LogP contribution in [0.25, 0.3) is 0 Å². The van der Waals surface area contributed by atoms with Crippen molar-refractivity contribution in [3.05, 3.63) is 13.5 Å². The van der Waals surface area contributed by atoms with Crippen LogP contribution in [-0.2, 0) is 0 Å². The summed E-state index contributed by atoms with van der Waals surface area (Å²) in [6.45, 7) is 10.5. The summed E-state index contributed by atoms with van der Waals surface area (Å²) in [5, 5.41) is 3.46. The van der Waals surface area contributed by atoms with E-state index in [9.17, 15) is 0 Å². The van der Waals surface area contributed by atoms with E-state index >= 15 is 0 Å². The maximum absolute atomic E-state index is 3.80. The van der Waals surface area contributed by atoms with Crippen LogP contribution in [0.1, 0.15) is 52.4 Å². The molecule has 0 aliphatic heterocycles. The summed E-state index contributed by atoms with van der Waals surface area (Å²) in [5.74, 6) is 0. The summed E-state index contributed by atoms with van der Waals surface area (Å²) in [5.41, 5.74) is 0. The van der Waals surface area contributed by atoms with Gasteiger partial charge in [-0.05, 0) is 19.3 Å². The topological polar surface area (TPSA) is 12.0 Å². The molecular weight excluding hydrogens is 146 g/mol. The molecule has 2 radical (unpaired) electrons. The lowest BCUT2D eigenvalue weighted by molar-refractivity contribution is 0.470. The summed E-state index contributed by atoms with van der Waals surface area (Å²) in [7, 11) is 0. The van der Waals surface area contributed by atoms with Crippen molar-refractivity contribution in [3.8, 4) is 0 Å². The molecule has 0 rings (SSSR count). The fraction of sp³-hybridized carbons (Fsp3) is 0.818. The number of hydrogen-bond donors (Lipinski definition) is 1.